The lowest BCUT2D eigenvalue weighted by Crippen LogP contribution is -2.38. The highest BCUT2D eigenvalue weighted by molar-refractivity contribution is 5.95. The molecule has 0 N–H and O–H groups in total. The zero-order valence-electron chi connectivity index (χ0n) is 14.1. The number of likely N-dealkylation sites (tertiary alicyclic amines) is 1. The van der Waals surface area contributed by atoms with Gasteiger partial charge < -0.3 is 18.8 Å². The standard InChI is InChI=1S/C18H24N4O2/c1-14-16(4-9-24-14)18(23)22-12-15(10-20-6-2-3-7-20)11-21-8-5-19-17(21)13-22/h4-5,8-9,15H,2-3,6-7,10-13H2,1H3/t15-/m1/s1. The molecule has 0 radical (unpaired) electrons. The minimum absolute atomic E-state index is 0.0455. The zero-order valence-corrected chi connectivity index (χ0v) is 14.1. The lowest BCUT2D eigenvalue weighted by Gasteiger charge is -2.27. The molecule has 0 spiro atoms. The fraction of sp³-hybridized carbons (Fsp3) is 0.556. The number of hydrogen-bond donors (Lipinski definition) is 0. The van der Waals surface area contributed by atoms with Gasteiger partial charge in [-0.1, -0.05) is 0 Å². The summed E-state index contributed by atoms with van der Waals surface area (Å²) in [4.78, 5) is 21.9. The highest BCUT2D eigenvalue weighted by Crippen LogP contribution is 2.21. The van der Waals surface area contributed by atoms with Gasteiger partial charge in [0.05, 0.1) is 18.4 Å². The first kappa shape index (κ1) is 15.4. The first-order chi connectivity index (χ1) is 11.7. The van der Waals surface area contributed by atoms with Gasteiger partial charge >= 0.3 is 0 Å². The van der Waals surface area contributed by atoms with Crippen molar-refractivity contribution in [3.8, 4) is 0 Å². The molecule has 1 saturated heterocycles. The fourth-order valence-electron chi connectivity index (χ4n) is 3.92. The van der Waals surface area contributed by atoms with Crippen LogP contribution >= 0.6 is 0 Å². The Hall–Kier alpha value is -2.08. The van der Waals surface area contributed by atoms with Crippen molar-refractivity contribution in [2.75, 3.05) is 26.2 Å². The summed E-state index contributed by atoms with van der Waals surface area (Å²) in [6.07, 6.45) is 8.03. The molecule has 1 fully saturated rings. The van der Waals surface area contributed by atoms with Crippen LogP contribution in [0.15, 0.2) is 29.1 Å². The number of amides is 1. The number of carbonyl (C=O) groups is 1. The molecule has 2 aliphatic rings. The van der Waals surface area contributed by atoms with E-state index in [1.807, 2.05) is 24.2 Å². The highest BCUT2D eigenvalue weighted by Gasteiger charge is 2.29. The van der Waals surface area contributed by atoms with E-state index in [1.54, 1.807) is 12.3 Å². The normalized spacial score (nSPS) is 21.7. The van der Waals surface area contributed by atoms with E-state index in [4.69, 9.17) is 4.42 Å². The number of fused-ring (bicyclic) bond motifs is 1. The van der Waals surface area contributed by atoms with E-state index in [-0.39, 0.29) is 5.91 Å². The molecule has 2 aromatic heterocycles. The van der Waals surface area contributed by atoms with Crippen molar-refractivity contribution in [3.05, 3.63) is 41.9 Å². The van der Waals surface area contributed by atoms with E-state index >= 15 is 0 Å². The minimum atomic E-state index is 0.0455. The van der Waals surface area contributed by atoms with Gasteiger partial charge in [0.2, 0.25) is 0 Å². The SMILES string of the molecule is Cc1occc1C(=O)N1Cc2nccn2C[C@@H](CN2CCCC2)C1. The van der Waals surface area contributed by atoms with Crippen molar-refractivity contribution in [1.29, 1.82) is 0 Å². The number of rotatable bonds is 3. The molecule has 0 bridgehead atoms. The number of hydrogen-bond acceptors (Lipinski definition) is 4. The molecule has 0 unspecified atom stereocenters. The third-order valence-electron chi connectivity index (χ3n) is 5.16. The highest BCUT2D eigenvalue weighted by atomic mass is 16.3. The van der Waals surface area contributed by atoms with Crippen LogP contribution in [-0.2, 0) is 13.1 Å². The molecule has 6 heteroatoms. The number of aromatic nitrogens is 2. The summed E-state index contributed by atoms with van der Waals surface area (Å²) in [6, 6.07) is 1.77. The molecule has 0 saturated carbocycles. The largest absolute Gasteiger partial charge is 0.469 e. The summed E-state index contributed by atoms with van der Waals surface area (Å²) in [6.45, 7) is 7.51. The van der Waals surface area contributed by atoms with Gasteiger partial charge in [0.25, 0.3) is 5.91 Å². The number of nitrogens with zero attached hydrogens (tertiary/aromatic N) is 4. The van der Waals surface area contributed by atoms with Gasteiger partial charge in [-0.15, -0.1) is 0 Å². The summed E-state index contributed by atoms with van der Waals surface area (Å²) in [5.41, 5.74) is 0.662. The Morgan fingerprint density at radius 1 is 1.33 bits per heavy atom. The maximum atomic E-state index is 13.0. The van der Waals surface area contributed by atoms with Crippen LogP contribution in [0.2, 0.25) is 0 Å². The average Bonchev–Trinajstić information content (AvgIpc) is 3.28. The summed E-state index contributed by atoms with van der Waals surface area (Å²) < 4.78 is 7.52. The van der Waals surface area contributed by atoms with E-state index in [9.17, 15) is 4.79 Å². The van der Waals surface area contributed by atoms with Gasteiger partial charge in [0.15, 0.2) is 0 Å². The van der Waals surface area contributed by atoms with Crippen molar-refractivity contribution in [2.24, 2.45) is 5.92 Å². The predicted octanol–water partition coefficient (Wildman–Crippen LogP) is 2.15. The summed E-state index contributed by atoms with van der Waals surface area (Å²) in [7, 11) is 0. The topological polar surface area (TPSA) is 54.5 Å². The van der Waals surface area contributed by atoms with Crippen molar-refractivity contribution in [3.63, 3.8) is 0 Å². The third kappa shape index (κ3) is 2.98. The van der Waals surface area contributed by atoms with Crippen molar-refractivity contribution in [2.45, 2.75) is 32.9 Å². The Bertz CT molecular complexity index is 714. The minimum Gasteiger partial charge on any atom is -0.469 e. The smallest absolute Gasteiger partial charge is 0.257 e. The van der Waals surface area contributed by atoms with Crippen LogP contribution in [0.4, 0.5) is 0 Å². The Balaban J connectivity index is 1.57. The van der Waals surface area contributed by atoms with Crippen LogP contribution in [0.3, 0.4) is 0 Å². The van der Waals surface area contributed by atoms with Crippen LogP contribution in [0, 0.1) is 12.8 Å². The number of aryl methyl sites for hydroxylation is 1. The lowest BCUT2D eigenvalue weighted by atomic mass is 10.1. The van der Waals surface area contributed by atoms with Gasteiger partial charge in [0, 0.05) is 37.9 Å². The van der Waals surface area contributed by atoms with Crippen LogP contribution in [0.5, 0.6) is 0 Å². The maximum Gasteiger partial charge on any atom is 0.257 e. The van der Waals surface area contributed by atoms with Crippen LogP contribution in [0.1, 0.15) is 34.8 Å². The molecule has 24 heavy (non-hydrogen) atoms. The molecule has 6 nitrogen and oxygen atoms in total. The Morgan fingerprint density at radius 3 is 2.92 bits per heavy atom. The molecule has 2 aromatic rings. The second kappa shape index (κ2) is 6.43. The summed E-state index contributed by atoms with van der Waals surface area (Å²) >= 11 is 0. The van der Waals surface area contributed by atoms with Crippen molar-refractivity contribution < 1.29 is 9.21 Å². The van der Waals surface area contributed by atoms with E-state index < -0.39 is 0 Å². The molecule has 1 atom stereocenters. The van der Waals surface area contributed by atoms with Crippen molar-refractivity contribution in [1.82, 2.24) is 19.4 Å². The number of carbonyl (C=O) groups excluding carboxylic acids is 1. The second-order valence-electron chi connectivity index (χ2n) is 6.95. The first-order valence-corrected chi connectivity index (χ1v) is 8.76. The van der Waals surface area contributed by atoms with Crippen LogP contribution < -0.4 is 0 Å². The van der Waals surface area contributed by atoms with Gasteiger partial charge in [-0.05, 0) is 38.9 Å². The van der Waals surface area contributed by atoms with Gasteiger partial charge in [-0.2, -0.15) is 0 Å². The molecule has 2 aliphatic heterocycles. The monoisotopic (exact) mass is 328 g/mol. The Labute approximate surface area is 142 Å². The molecule has 0 aliphatic carbocycles. The molecule has 1 amide bonds. The molecule has 4 heterocycles. The van der Waals surface area contributed by atoms with E-state index in [0.717, 1.165) is 25.5 Å². The molecular formula is C18H24N4O2. The number of imidazole rings is 1. The Morgan fingerprint density at radius 2 is 2.17 bits per heavy atom. The van der Waals surface area contributed by atoms with Crippen LogP contribution in [0.25, 0.3) is 0 Å². The first-order valence-electron chi connectivity index (χ1n) is 8.76. The zero-order chi connectivity index (χ0) is 16.5. The summed E-state index contributed by atoms with van der Waals surface area (Å²) in [5.74, 6) is 2.12. The van der Waals surface area contributed by atoms with E-state index in [2.05, 4.69) is 14.5 Å². The molecule has 4 rings (SSSR count). The molecule has 0 aromatic carbocycles. The van der Waals surface area contributed by atoms with Crippen LogP contribution in [-0.4, -0.2) is 51.4 Å². The predicted molar refractivity (Wildman–Crippen MR) is 89.6 cm³/mol. The van der Waals surface area contributed by atoms with E-state index in [0.29, 0.717) is 23.8 Å². The lowest BCUT2D eigenvalue weighted by molar-refractivity contribution is 0.0705. The van der Waals surface area contributed by atoms with Gasteiger partial charge in [-0.25, -0.2) is 4.98 Å². The third-order valence-corrected chi connectivity index (χ3v) is 5.16. The second-order valence-corrected chi connectivity index (χ2v) is 6.95. The quantitative estimate of drug-likeness (QED) is 0.866. The van der Waals surface area contributed by atoms with E-state index in [1.165, 1.54) is 25.9 Å². The van der Waals surface area contributed by atoms with Gasteiger partial charge in [-0.3, -0.25) is 4.79 Å². The average molecular weight is 328 g/mol. The van der Waals surface area contributed by atoms with Crippen molar-refractivity contribution >= 4 is 5.91 Å². The summed E-state index contributed by atoms with van der Waals surface area (Å²) in [5, 5.41) is 0. The fourth-order valence-corrected chi connectivity index (χ4v) is 3.92. The maximum absolute atomic E-state index is 13.0. The Kier molecular flexibility index (Phi) is 4.14. The number of furan rings is 1. The molecule has 128 valence electrons. The van der Waals surface area contributed by atoms with Gasteiger partial charge in [0.1, 0.15) is 11.6 Å². The molecular weight excluding hydrogens is 304 g/mol.